The smallest absolute Gasteiger partial charge is 0.292 e. The molecule has 0 aliphatic carbocycles. The SMILES string of the molecule is NC(=NCCNc1ccccc1[N+](=O)[O-])Nc1ccc2c(c1)OCCCO2. The number of hydrogen-bond donors (Lipinski definition) is 3. The van der Waals surface area contributed by atoms with E-state index in [-0.39, 0.29) is 11.6 Å². The first-order valence-corrected chi connectivity index (χ1v) is 8.57. The van der Waals surface area contributed by atoms with Crippen LogP contribution in [0.5, 0.6) is 11.5 Å². The van der Waals surface area contributed by atoms with Crippen LogP contribution in [0.15, 0.2) is 47.5 Å². The Bertz CT molecular complexity index is 840. The Balaban J connectivity index is 1.53. The zero-order valence-corrected chi connectivity index (χ0v) is 14.7. The molecule has 9 nitrogen and oxygen atoms in total. The quantitative estimate of drug-likeness (QED) is 0.234. The summed E-state index contributed by atoms with van der Waals surface area (Å²) in [6, 6.07) is 11.9. The molecule has 3 rings (SSSR count). The number of fused-ring (bicyclic) bond motifs is 1. The zero-order chi connectivity index (χ0) is 19.1. The van der Waals surface area contributed by atoms with E-state index in [0.717, 1.165) is 12.1 Å². The molecule has 0 unspecified atom stereocenters. The van der Waals surface area contributed by atoms with Crippen molar-refractivity contribution in [3.8, 4) is 11.5 Å². The minimum Gasteiger partial charge on any atom is -0.490 e. The molecule has 142 valence electrons. The Hall–Kier alpha value is -3.49. The van der Waals surface area contributed by atoms with Gasteiger partial charge in [0.25, 0.3) is 5.69 Å². The highest BCUT2D eigenvalue weighted by molar-refractivity contribution is 5.92. The van der Waals surface area contributed by atoms with E-state index >= 15 is 0 Å². The summed E-state index contributed by atoms with van der Waals surface area (Å²) in [6.07, 6.45) is 0.841. The van der Waals surface area contributed by atoms with Crippen LogP contribution in [-0.2, 0) is 0 Å². The lowest BCUT2D eigenvalue weighted by Crippen LogP contribution is -2.23. The van der Waals surface area contributed by atoms with Crippen LogP contribution in [0, 0.1) is 10.1 Å². The second-order valence-corrected chi connectivity index (χ2v) is 5.80. The summed E-state index contributed by atoms with van der Waals surface area (Å²) in [5.74, 6) is 1.62. The molecule has 0 fully saturated rings. The van der Waals surface area contributed by atoms with Gasteiger partial charge in [-0.1, -0.05) is 12.1 Å². The fourth-order valence-electron chi connectivity index (χ4n) is 2.58. The van der Waals surface area contributed by atoms with Crippen molar-refractivity contribution in [1.29, 1.82) is 0 Å². The lowest BCUT2D eigenvalue weighted by molar-refractivity contribution is -0.384. The lowest BCUT2D eigenvalue weighted by atomic mass is 10.2. The highest BCUT2D eigenvalue weighted by Crippen LogP contribution is 2.32. The Labute approximate surface area is 156 Å². The number of benzene rings is 2. The molecule has 2 aromatic rings. The van der Waals surface area contributed by atoms with E-state index in [4.69, 9.17) is 15.2 Å². The molecule has 0 bridgehead atoms. The number of nitro groups is 1. The molecule has 2 aromatic carbocycles. The maximum Gasteiger partial charge on any atom is 0.292 e. The summed E-state index contributed by atoms with van der Waals surface area (Å²) in [5, 5.41) is 17.0. The van der Waals surface area contributed by atoms with Crippen molar-refractivity contribution in [3.63, 3.8) is 0 Å². The summed E-state index contributed by atoms with van der Waals surface area (Å²) in [4.78, 5) is 14.8. The zero-order valence-electron chi connectivity index (χ0n) is 14.7. The van der Waals surface area contributed by atoms with Crippen molar-refractivity contribution in [1.82, 2.24) is 0 Å². The van der Waals surface area contributed by atoms with Gasteiger partial charge in [0.1, 0.15) is 5.69 Å². The van der Waals surface area contributed by atoms with Gasteiger partial charge in [0.15, 0.2) is 17.5 Å². The highest BCUT2D eigenvalue weighted by Gasteiger charge is 2.12. The number of nitrogens with zero attached hydrogens (tertiary/aromatic N) is 2. The molecule has 0 aromatic heterocycles. The van der Waals surface area contributed by atoms with Gasteiger partial charge in [0.2, 0.25) is 0 Å². The first-order valence-electron chi connectivity index (χ1n) is 8.57. The highest BCUT2D eigenvalue weighted by atomic mass is 16.6. The third-order valence-corrected chi connectivity index (χ3v) is 3.83. The minimum absolute atomic E-state index is 0.0276. The molecule has 0 saturated heterocycles. The second kappa shape index (κ2) is 8.75. The number of para-hydroxylation sites is 2. The van der Waals surface area contributed by atoms with E-state index < -0.39 is 4.92 Å². The molecule has 1 aliphatic heterocycles. The average Bonchev–Trinajstić information content (AvgIpc) is 2.90. The van der Waals surface area contributed by atoms with E-state index in [1.165, 1.54) is 6.07 Å². The maximum atomic E-state index is 11.0. The number of nitro benzene ring substituents is 1. The molecule has 1 aliphatic rings. The molecule has 0 radical (unpaired) electrons. The molecular weight excluding hydrogens is 350 g/mol. The van der Waals surface area contributed by atoms with E-state index in [0.29, 0.717) is 43.5 Å². The van der Waals surface area contributed by atoms with Gasteiger partial charge < -0.3 is 25.8 Å². The van der Waals surface area contributed by atoms with Crippen molar-refractivity contribution in [2.75, 3.05) is 36.9 Å². The summed E-state index contributed by atoms with van der Waals surface area (Å²) < 4.78 is 11.2. The van der Waals surface area contributed by atoms with Crippen molar-refractivity contribution in [2.24, 2.45) is 10.7 Å². The van der Waals surface area contributed by atoms with E-state index in [2.05, 4.69) is 15.6 Å². The van der Waals surface area contributed by atoms with Gasteiger partial charge in [-0.05, 0) is 18.2 Å². The number of aliphatic imine (C=N–C) groups is 1. The molecule has 0 saturated carbocycles. The number of rotatable bonds is 6. The molecule has 0 spiro atoms. The van der Waals surface area contributed by atoms with Crippen molar-refractivity contribution >= 4 is 23.0 Å². The first kappa shape index (κ1) is 18.3. The monoisotopic (exact) mass is 371 g/mol. The van der Waals surface area contributed by atoms with Gasteiger partial charge in [0.05, 0.1) is 24.7 Å². The third kappa shape index (κ3) is 5.00. The topological polar surface area (TPSA) is 124 Å². The summed E-state index contributed by atoms with van der Waals surface area (Å²) in [5.41, 5.74) is 7.12. The summed E-state index contributed by atoms with van der Waals surface area (Å²) in [6.45, 7) is 2.01. The van der Waals surface area contributed by atoms with Gasteiger partial charge in [0, 0.05) is 30.8 Å². The van der Waals surface area contributed by atoms with Crippen LogP contribution < -0.4 is 25.8 Å². The fourth-order valence-corrected chi connectivity index (χ4v) is 2.58. The van der Waals surface area contributed by atoms with Gasteiger partial charge in [-0.2, -0.15) is 0 Å². The van der Waals surface area contributed by atoms with Crippen LogP contribution in [0.1, 0.15) is 6.42 Å². The van der Waals surface area contributed by atoms with Crippen molar-refractivity contribution < 1.29 is 14.4 Å². The molecule has 9 heteroatoms. The molecule has 0 atom stereocenters. The van der Waals surface area contributed by atoms with Gasteiger partial charge in [-0.3, -0.25) is 15.1 Å². The van der Waals surface area contributed by atoms with Crippen molar-refractivity contribution in [3.05, 3.63) is 52.6 Å². The van der Waals surface area contributed by atoms with Crippen molar-refractivity contribution in [2.45, 2.75) is 6.42 Å². The normalized spacial score (nSPS) is 13.6. The number of nitrogens with one attached hydrogen (secondary N) is 2. The van der Waals surface area contributed by atoms with E-state index in [1.807, 2.05) is 18.2 Å². The van der Waals surface area contributed by atoms with Crippen LogP contribution >= 0.6 is 0 Å². The van der Waals surface area contributed by atoms with Crippen LogP contribution in [-0.4, -0.2) is 37.2 Å². The second-order valence-electron chi connectivity index (χ2n) is 5.80. The Kier molecular flexibility index (Phi) is 5.93. The van der Waals surface area contributed by atoms with Gasteiger partial charge in [-0.15, -0.1) is 0 Å². The molecule has 27 heavy (non-hydrogen) atoms. The third-order valence-electron chi connectivity index (χ3n) is 3.83. The van der Waals surface area contributed by atoms with Gasteiger partial charge in [-0.25, -0.2) is 0 Å². The van der Waals surface area contributed by atoms with Crippen LogP contribution in [0.2, 0.25) is 0 Å². The van der Waals surface area contributed by atoms with Crippen LogP contribution in [0.4, 0.5) is 17.1 Å². The summed E-state index contributed by atoms with van der Waals surface area (Å²) >= 11 is 0. The molecule has 1 heterocycles. The number of anilines is 2. The predicted molar refractivity (Wildman–Crippen MR) is 104 cm³/mol. The van der Waals surface area contributed by atoms with Crippen LogP contribution in [0.3, 0.4) is 0 Å². The largest absolute Gasteiger partial charge is 0.490 e. The lowest BCUT2D eigenvalue weighted by Gasteiger charge is -2.11. The maximum absolute atomic E-state index is 11.0. The molecule has 0 amide bonds. The van der Waals surface area contributed by atoms with E-state index in [1.54, 1.807) is 18.2 Å². The molecule has 4 N–H and O–H groups in total. The standard InChI is InChI=1S/C18H21N5O4/c19-18(21-9-8-20-14-4-1-2-5-15(14)23(24)25)22-13-6-7-16-17(12-13)27-11-3-10-26-16/h1-2,4-7,12,20H,3,8-11H2,(H3,19,21,22). The molecular formula is C18H21N5O4. The number of ether oxygens (including phenoxy) is 2. The average molecular weight is 371 g/mol. The Morgan fingerprint density at radius 3 is 2.78 bits per heavy atom. The Morgan fingerprint density at radius 2 is 1.96 bits per heavy atom. The van der Waals surface area contributed by atoms with Gasteiger partial charge >= 0.3 is 0 Å². The van der Waals surface area contributed by atoms with Crippen LogP contribution in [0.25, 0.3) is 0 Å². The first-order chi connectivity index (χ1) is 13.1. The fraction of sp³-hybridized carbons (Fsp3) is 0.278. The summed E-state index contributed by atoms with van der Waals surface area (Å²) in [7, 11) is 0. The predicted octanol–water partition coefficient (Wildman–Crippen LogP) is 2.59. The minimum atomic E-state index is -0.425. The number of nitrogens with two attached hydrogens (primary N) is 1. The number of hydrogen-bond acceptors (Lipinski definition) is 6. The number of guanidine groups is 1. The Morgan fingerprint density at radius 1 is 1.19 bits per heavy atom. The van der Waals surface area contributed by atoms with E-state index in [9.17, 15) is 10.1 Å².